The van der Waals surface area contributed by atoms with Crippen molar-refractivity contribution in [2.45, 2.75) is 0 Å². The number of hydrogen-bond acceptors (Lipinski definition) is 9. The fraction of sp³-hybridized carbons (Fsp3) is 0. The molecule has 0 spiro atoms. The maximum absolute atomic E-state index is 9.60. The molecule has 0 atom stereocenters. The molecule has 0 saturated heterocycles. The van der Waals surface area contributed by atoms with Gasteiger partial charge in [0, 0.05) is 83.9 Å². The molecule has 0 radical (unpaired) electrons. The Morgan fingerprint density at radius 1 is 0.344 bits per heavy atom. The second kappa shape index (κ2) is 32.6. The smallest absolute Gasteiger partial charge is 0.219 e. The van der Waals surface area contributed by atoms with Crippen molar-refractivity contribution in [1.29, 1.82) is 0 Å². The molecule has 0 aliphatic carbocycles. The number of halogens is 2. The molecule has 0 fully saturated rings. The number of aromatic hydroxyl groups is 1. The Balaban J connectivity index is 0.000000134. The number of aromatic nitrogens is 9. The van der Waals surface area contributed by atoms with Gasteiger partial charge in [-0.1, -0.05) is 194 Å². The summed E-state index contributed by atoms with van der Waals surface area (Å²) in [6.07, 6.45) is 16.7. The second-order valence-corrected chi connectivity index (χ2v) is 21.3. The van der Waals surface area contributed by atoms with Gasteiger partial charge in [0.1, 0.15) is 16.1 Å². The molecule has 0 saturated carbocycles. The Morgan fingerprint density at radius 3 is 1.14 bits per heavy atom. The fourth-order valence-corrected chi connectivity index (χ4v) is 9.90. The number of ether oxygens (including phenoxy) is 2. The van der Waals surface area contributed by atoms with Gasteiger partial charge in [-0.2, -0.15) is 21.4 Å². The van der Waals surface area contributed by atoms with Crippen LogP contribution in [0.25, 0.3) is 83.8 Å². The monoisotopic (exact) mass is 1480 g/mol. The number of pyridine rings is 3. The van der Waals surface area contributed by atoms with Gasteiger partial charge in [-0.15, -0.1) is 18.2 Å². The van der Waals surface area contributed by atoms with E-state index in [4.69, 9.17) is 9.47 Å². The molecule has 0 unspecified atom stereocenters. The zero-order chi connectivity index (χ0) is 63.8. The number of benzene rings is 9. The van der Waals surface area contributed by atoms with Crippen LogP contribution in [-0.4, -0.2) is 49.4 Å². The first-order valence-corrected chi connectivity index (χ1v) is 32.9. The summed E-state index contributed by atoms with van der Waals surface area (Å²) in [6, 6.07) is 97.2. The molecule has 0 aliphatic rings. The van der Waals surface area contributed by atoms with E-state index in [2.05, 4.69) is 195 Å². The molecule has 456 valence electrons. The number of hydrogen-bond donors (Lipinski definition) is 1. The maximum atomic E-state index is 9.60. The van der Waals surface area contributed by atoms with Crippen LogP contribution in [0.1, 0.15) is 0 Å². The summed E-state index contributed by atoms with van der Waals surface area (Å²) >= 11 is 4.81. The second-order valence-electron chi connectivity index (χ2n) is 20.5. The van der Waals surface area contributed by atoms with Gasteiger partial charge in [0.25, 0.3) is 0 Å². The van der Waals surface area contributed by atoms with E-state index < -0.39 is 0 Å². The first kappa shape index (κ1) is 63.5. The van der Waals surface area contributed by atoms with Crippen LogP contribution in [0.4, 0.5) is 0 Å². The first-order valence-electron chi connectivity index (χ1n) is 29.3. The van der Waals surface area contributed by atoms with E-state index in [9.17, 15) is 5.11 Å². The molecule has 15 aromatic rings. The molecular formula is C78H57BrClN9O3Pt. The summed E-state index contributed by atoms with van der Waals surface area (Å²) < 4.78 is 17.9. The van der Waals surface area contributed by atoms with E-state index in [1.165, 1.54) is 33.4 Å². The van der Waals surface area contributed by atoms with Crippen LogP contribution in [0.5, 0.6) is 29.0 Å². The topological polar surface area (TPSA) is 131 Å². The zero-order valence-corrected chi connectivity index (χ0v) is 54.3. The zero-order valence-electron chi connectivity index (χ0n) is 49.7. The summed E-state index contributed by atoms with van der Waals surface area (Å²) in [4.78, 5) is 12.3. The average molecular weight is 1480 g/mol. The molecule has 0 bridgehead atoms. The Kier molecular flexibility index (Phi) is 22.3. The molecule has 1 N–H and O–H groups in total. The van der Waals surface area contributed by atoms with Crippen molar-refractivity contribution >= 4 is 25.3 Å². The molecule has 6 aromatic heterocycles. The van der Waals surface area contributed by atoms with Crippen LogP contribution in [0.15, 0.2) is 345 Å². The van der Waals surface area contributed by atoms with Gasteiger partial charge in [0.05, 0.1) is 30.0 Å². The average Bonchev–Trinajstić information content (AvgIpc) is 2.91. The van der Waals surface area contributed by atoms with E-state index in [1.54, 1.807) is 64.9 Å². The first-order chi connectivity index (χ1) is 45.9. The minimum Gasteiger partial charge on any atom is -0.466 e. The summed E-state index contributed by atoms with van der Waals surface area (Å²) in [6.45, 7) is 0. The van der Waals surface area contributed by atoms with Crippen LogP contribution in [0, 0.1) is 6.07 Å². The van der Waals surface area contributed by atoms with Gasteiger partial charge in [-0.05, 0) is 120 Å². The molecule has 9 aromatic carbocycles. The standard InChI is InChI=1S/C26H19N3O.C26H18N3O.C21H16N2O.C5H4BrN.ClH.Pt/c2*1-2-7-20(8-3-1)21-12-14-22(15-13-21)23-18-28-29(19-23)24-9-6-10-25(17-24)30-26-11-4-5-16-27-26;24-21-8-4-7-20(13-21)23-15-19(14-22-23)18-11-9-17(10-12-18)16-5-2-1-3-6-16;6-5-3-1-2-4-7-5;;/h1-19H;1-16,18-19H;1-15,24H;1-4H;1H;/q;-1;;;;+2/p-1. The predicted molar refractivity (Wildman–Crippen MR) is 370 cm³/mol. The molecule has 15 rings (SSSR count). The quantitative estimate of drug-likeness (QED) is 0.0885. The molecule has 15 heteroatoms. The van der Waals surface area contributed by atoms with Gasteiger partial charge in [0.15, 0.2) is 0 Å². The maximum Gasteiger partial charge on any atom is 0.219 e. The summed E-state index contributed by atoms with van der Waals surface area (Å²) in [5, 5.41) is 23.0. The Labute approximate surface area is 563 Å². The van der Waals surface area contributed by atoms with Gasteiger partial charge >= 0.3 is 28.2 Å². The van der Waals surface area contributed by atoms with Crippen LogP contribution >= 0.6 is 25.3 Å². The molecule has 0 aliphatic heterocycles. The normalized spacial score (nSPS) is 10.4. The molecular weight excluding hydrogens is 1420 g/mol. The molecule has 6 heterocycles. The van der Waals surface area contributed by atoms with Crippen molar-refractivity contribution in [2.75, 3.05) is 0 Å². The third-order valence-electron chi connectivity index (χ3n) is 14.2. The Morgan fingerprint density at radius 2 is 0.720 bits per heavy atom. The van der Waals surface area contributed by atoms with Crippen molar-refractivity contribution in [2.24, 2.45) is 0 Å². The predicted octanol–water partition coefficient (Wildman–Crippen LogP) is 20.0. The van der Waals surface area contributed by atoms with Gasteiger partial charge in [-0.25, -0.2) is 24.3 Å². The van der Waals surface area contributed by atoms with Crippen molar-refractivity contribution in [3.05, 3.63) is 352 Å². The van der Waals surface area contributed by atoms with Crippen LogP contribution in [-0.2, 0) is 18.8 Å². The van der Waals surface area contributed by atoms with Crippen LogP contribution < -0.4 is 9.47 Å². The number of phenolic OH excluding ortho intramolecular Hbond substituents is 1. The van der Waals surface area contributed by atoms with Crippen molar-refractivity contribution in [3.8, 4) is 113 Å². The van der Waals surface area contributed by atoms with Crippen molar-refractivity contribution in [3.63, 3.8) is 0 Å². The number of rotatable bonds is 13. The van der Waals surface area contributed by atoms with Crippen LogP contribution in [0.2, 0.25) is 0 Å². The van der Waals surface area contributed by atoms with E-state index >= 15 is 0 Å². The van der Waals surface area contributed by atoms with Gasteiger partial charge in [-0.3, -0.25) is 4.68 Å². The van der Waals surface area contributed by atoms with Crippen molar-refractivity contribution < 1.29 is 33.4 Å². The van der Waals surface area contributed by atoms with E-state index in [0.29, 0.717) is 17.5 Å². The van der Waals surface area contributed by atoms with Gasteiger partial charge in [0.2, 0.25) is 11.8 Å². The fourth-order valence-electron chi connectivity index (χ4n) is 9.63. The SMILES string of the molecule is Brc1ccccn1.Oc1cccc(-n2cc(-c3ccc(-c4ccccc4)cc3)cn2)c1.[Cl][Pt+].[c-]1c(Oc2ccccn2)cccc1-n1cc(-c2ccc(-c3ccccc3)cc2)cn1.c1ccc(-c2ccc(-c3cnn(-c4cccc(Oc5ccccn5)c4)c3)cc2)cc1. The third-order valence-corrected chi connectivity index (χ3v) is 14.7. The minimum atomic E-state index is 0.233. The van der Waals surface area contributed by atoms with Crippen LogP contribution in [0.3, 0.4) is 0 Å². The van der Waals surface area contributed by atoms with E-state index in [0.717, 1.165) is 60.8 Å². The Bertz CT molecular complexity index is 4500. The molecule has 93 heavy (non-hydrogen) atoms. The summed E-state index contributed by atoms with van der Waals surface area (Å²) in [5.41, 5.74) is 16.3. The van der Waals surface area contributed by atoms with Crippen molar-refractivity contribution in [1.82, 2.24) is 44.3 Å². The molecule has 0 amide bonds. The summed E-state index contributed by atoms with van der Waals surface area (Å²) in [7, 11) is 4.61. The summed E-state index contributed by atoms with van der Waals surface area (Å²) in [5.74, 6) is 2.64. The van der Waals surface area contributed by atoms with E-state index in [-0.39, 0.29) is 5.75 Å². The van der Waals surface area contributed by atoms with E-state index in [1.807, 2.05) is 175 Å². The third kappa shape index (κ3) is 17.9. The molecule has 12 nitrogen and oxygen atoms in total. The number of phenols is 1. The number of nitrogens with zero attached hydrogens (tertiary/aromatic N) is 9. The minimum absolute atomic E-state index is 0.233. The Hall–Kier alpha value is -11.1. The van der Waals surface area contributed by atoms with Gasteiger partial charge < -0.3 is 14.6 Å². The largest absolute Gasteiger partial charge is 0.466 e.